The van der Waals surface area contributed by atoms with Gasteiger partial charge in [0.05, 0.1) is 27.8 Å². The van der Waals surface area contributed by atoms with E-state index < -0.39 is 0 Å². The van der Waals surface area contributed by atoms with Crippen molar-refractivity contribution in [2.75, 3.05) is 0 Å². The van der Waals surface area contributed by atoms with Gasteiger partial charge in [-0.2, -0.15) is 0 Å². The third-order valence-electron chi connectivity index (χ3n) is 11.2. The second-order valence-electron chi connectivity index (χ2n) is 14.4. The Morgan fingerprint density at radius 3 is 1.49 bits per heavy atom. The van der Waals surface area contributed by atoms with Crippen molar-refractivity contribution in [3.8, 4) is 45.5 Å². The van der Waals surface area contributed by atoms with Gasteiger partial charge in [0.25, 0.3) is 0 Å². The van der Waals surface area contributed by atoms with Crippen molar-refractivity contribution in [1.82, 2.24) is 24.1 Å². The molecule has 0 atom stereocenters. The van der Waals surface area contributed by atoms with Crippen LogP contribution in [0.4, 0.5) is 0 Å². The molecule has 0 saturated heterocycles. The highest BCUT2D eigenvalue weighted by atomic mass is 16.3. The van der Waals surface area contributed by atoms with Gasteiger partial charge in [-0.25, -0.2) is 15.0 Å². The molecule has 6 heteroatoms. The molecule has 0 fully saturated rings. The first-order valence-electron chi connectivity index (χ1n) is 19.1. The molecule has 0 amide bonds. The summed E-state index contributed by atoms with van der Waals surface area (Å²) in [5.41, 5.74) is 10.9. The highest BCUT2D eigenvalue weighted by Crippen LogP contribution is 2.43. The molecule has 0 aliphatic rings. The summed E-state index contributed by atoms with van der Waals surface area (Å²) in [6.45, 7) is 0. The fraction of sp³-hybridized carbons (Fsp3) is 0. The van der Waals surface area contributed by atoms with E-state index in [0.29, 0.717) is 17.5 Å². The van der Waals surface area contributed by atoms with Crippen LogP contribution >= 0.6 is 0 Å². The molecule has 0 N–H and O–H groups in total. The third kappa shape index (κ3) is 4.81. The minimum Gasteiger partial charge on any atom is -0.452 e. The number of fused-ring (bicyclic) bond motifs is 10. The second-order valence-corrected chi connectivity index (χ2v) is 14.4. The van der Waals surface area contributed by atoms with E-state index in [-0.39, 0.29) is 0 Å². The molecule has 266 valence electrons. The van der Waals surface area contributed by atoms with Crippen molar-refractivity contribution < 1.29 is 4.42 Å². The number of nitrogens with zero attached hydrogens (tertiary/aromatic N) is 5. The van der Waals surface area contributed by atoms with Gasteiger partial charge in [-0.05, 0) is 54.6 Å². The average molecular weight is 730 g/mol. The zero-order valence-electron chi connectivity index (χ0n) is 30.5. The van der Waals surface area contributed by atoms with Crippen LogP contribution < -0.4 is 0 Å². The Morgan fingerprint density at radius 1 is 0.333 bits per heavy atom. The summed E-state index contributed by atoms with van der Waals surface area (Å²) in [5.74, 6) is 1.88. The molecule has 0 spiro atoms. The lowest BCUT2D eigenvalue weighted by Gasteiger charge is -2.10. The molecular weight excluding hydrogens is 699 g/mol. The molecule has 0 bridgehead atoms. The van der Waals surface area contributed by atoms with Crippen LogP contribution in [0.3, 0.4) is 0 Å². The van der Waals surface area contributed by atoms with E-state index in [2.05, 4.69) is 137 Å². The predicted octanol–water partition coefficient (Wildman–Crippen LogP) is 13.0. The van der Waals surface area contributed by atoms with Crippen molar-refractivity contribution in [1.29, 1.82) is 0 Å². The Morgan fingerprint density at radius 2 is 0.842 bits per heavy atom. The van der Waals surface area contributed by atoms with Crippen LogP contribution in [0.5, 0.6) is 0 Å². The molecule has 8 aromatic carbocycles. The summed E-state index contributed by atoms with van der Waals surface area (Å²) in [5, 5.41) is 6.74. The largest absolute Gasteiger partial charge is 0.452 e. The minimum absolute atomic E-state index is 0.617. The van der Waals surface area contributed by atoms with E-state index in [4.69, 9.17) is 19.4 Å². The number of furan rings is 1. The van der Waals surface area contributed by atoms with Crippen LogP contribution in [0.2, 0.25) is 0 Å². The fourth-order valence-electron chi connectivity index (χ4n) is 8.62. The number of benzene rings is 8. The standard InChI is InChI=1S/C51H31N5O/c1-4-15-32(16-5-1)49-52-50(33-17-6-2-7-18-33)54-51(53-49)34-27-30-44-41(31-34)38-28-29-40-39-23-14-26-45(47(39)57-48(40)46(38)55(44)35-19-8-3-9-20-35)56-42-24-12-10-21-36(42)37-22-11-13-25-43(37)56/h1-31H. The SMILES string of the molecule is c1ccc(-c2nc(-c3ccccc3)nc(-c3ccc4c(c3)c3ccc5c6cccc(-n7c8ccccc8c8ccccc87)c6oc5c3n4-c3ccccc3)n2)cc1. The molecule has 4 aromatic heterocycles. The number of aromatic nitrogens is 5. The maximum Gasteiger partial charge on any atom is 0.164 e. The van der Waals surface area contributed by atoms with E-state index in [1.165, 1.54) is 10.8 Å². The second kappa shape index (κ2) is 12.3. The Bertz CT molecular complexity index is 3400. The summed E-state index contributed by atoms with van der Waals surface area (Å²) in [7, 11) is 0. The zero-order valence-corrected chi connectivity index (χ0v) is 30.5. The summed E-state index contributed by atoms with van der Waals surface area (Å²) in [4.78, 5) is 15.0. The van der Waals surface area contributed by atoms with Gasteiger partial charge in [-0.1, -0.05) is 133 Å². The molecule has 0 unspecified atom stereocenters. The lowest BCUT2D eigenvalue weighted by molar-refractivity contribution is 0.668. The van der Waals surface area contributed by atoms with Crippen LogP contribution in [0.25, 0.3) is 111 Å². The summed E-state index contributed by atoms with van der Waals surface area (Å²) >= 11 is 0. The van der Waals surface area contributed by atoms with E-state index >= 15 is 0 Å². The lowest BCUT2D eigenvalue weighted by atomic mass is 10.1. The van der Waals surface area contributed by atoms with Gasteiger partial charge in [-0.15, -0.1) is 0 Å². The normalized spacial score (nSPS) is 11.9. The van der Waals surface area contributed by atoms with Crippen LogP contribution in [-0.2, 0) is 0 Å². The maximum atomic E-state index is 7.18. The zero-order chi connectivity index (χ0) is 37.5. The predicted molar refractivity (Wildman–Crippen MR) is 232 cm³/mol. The summed E-state index contributed by atoms with van der Waals surface area (Å²) < 4.78 is 11.9. The highest BCUT2D eigenvalue weighted by molar-refractivity contribution is 6.23. The van der Waals surface area contributed by atoms with Gasteiger partial charge in [0.1, 0.15) is 0 Å². The summed E-state index contributed by atoms with van der Waals surface area (Å²) in [6.07, 6.45) is 0. The van der Waals surface area contributed by atoms with Crippen molar-refractivity contribution in [3.05, 3.63) is 188 Å². The third-order valence-corrected chi connectivity index (χ3v) is 11.2. The number of hydrogen-bond acceptors (Lipinski definition) is 4. The first-order valence-corrected chi connectivity index (χ1v) is 19.1. The van der Waals surface area contributed by atoms with Crippen LogP contribution in [-0.4, -0.2) is 24.1 Å². The minimum atomic E-state index is 0.617. The first-order chi connectivity index (χ1) is 28.3. The van der Waals surface area contributed by atoms with Gasteiger partial charge in [0.2, 0.25) is 0 Å². The molecular formula is C51H31N5O. The van der Waals surface area contributed by atoms with E-state index in [0.717, 1.165) is 82.8 Å². The van der Waals surface area contributed by atoms with E-state index in [9.17, 15) is 0 Å². The Kier molecular flexibility index (Phi) is 6.83. The van der Waals surface area contributed by atoms with Crippen molar-refractivity contribution in [2.24, 2.45) is 0 Å². The molecule has 0 radical (unpaired) electrons. The fourth-order valence-corrected chi connectivity index (χ4v) is 8.62. The van der Waals surface area contributed by atoms with Crippen molar-refractivity contribution in [3.63, 3.8) is 0 Å². The van der Waals surface area contributed by atoms with Crippen molar-refractivity contribution in [2.45, 2.75) is 0 Å². The first kappa shape index (κ1) is 31.5. The monoisotopic (exact) mass is 729 g/mol. The average Bonchev–Trinajstić information content (AvgIpc) is 3.95. The molecule has 12 rings (SSSR count). The quantitative estimate of drug-likeness (QED) is 0.177. The van der Waals surface area contributed by atoms with Crippen LogP contribution in [0.1, 0.15) is 0 Å². The van der Waals surface area contributed by atoms with Gasteiger partial charge in [0.15, 0.2) is 28.6 Å². The lowest BCUT2D eigenvalue weighted by Crippen LogP contribution is -2.00. The van der Waals surface area contributed by atoms with Crippen LogP contribution in [0, 0.1) is 0 Å². The van der Waals surface area contributed by atoms with E-state index in [1.807, 2.05) is 60.7 Å². The van der Waals surface area contributed by atoms with Gasteiger partial charge in [0, 0.05) is 54.7 Å². The van der Waals surface area contributed by atoms with Crippen LogP contribution in [0.15, 0.2) is 192 Å². The topological polar surface area (TPSA) is 61.7 Å². The van der Waals surface area contributed by atoms with Gasteiger partial charge < -0.3 is 13.6 Å². The molecule has 0 aliphatic carbocycles. The number of para-hydroxylation sites is 4. The molecule has 57 heavy (non-hydrogen) atoms. The van der Waals surface area contributed by atoms with E-state index in [1.54, 1.807) is 0 Å². The maximum absolute atomic E-state index is 7.18. The molecule has 0 aliphatic heterocycles. The number of hydrogen-bond donors (Lipinski definition) is 0. The Balaban J connectivity index is 1.13. The molecule has 6 nitrogen and oxygen atoms in total. The van der Waals surface area contributed by atoms with Gasteiger partial charge in [-0.3, -0.25) is 0 Å². The Labute approximate surface area is 326 Å². The Hall–Kier alpha value is -7.83. The summed E-state index contributed by atoms with van der Waals surface area (Å²) in [6, 6.07) is 65.4. The van der Waals surface area contributed by atoms with Gasteiger partial charge >= 0.3 is 0 Å². The molecule has 4 heterocycles. The number of rotatable bonds is 5. The molecule has 12 aromatic rings. The molecule has 0 saturated carbocycles. The highest BCUT2D eigenvalue weighted by Gasteiger charge is 2.23. The van der Waals surface area contributed by atoms with Crippen molar-refractivity contribution >= 4 is 65.6 Å². The smallest absolute Gasteiger partial charge is 0.164 e.